The van der Waals surface area contributed by atoms with Crippen LogP contribution in [-0.2, 0) is 27.1 Å². The molecule has 0 saturated heterocycles. The molecule has 1 nitrogen and oxygen atoms in total. The van der Waals surface area contributed by atoms with Crippen molar-refractivity contribution >= 4 is 17.1 Å². The monoisotopic (exact) mass is 809 g/mol. The molecule has 7 aliphatic carbocycles. The van der Waals surface area contributed by atoms with Crippen LogP contribution in [0.5, 0.6) is 0 Å². The predicted molar refractivity (Wildman–Crippen MR) is 259 cm³/mol. The van der Waals surface area contributed by atoms with Gasteiger partial charge in [0.15, 0.2) is 0 Å². The molecule has 1 heteroatoms. The first-order valence-electron chi connectivity index (χ1n) is 24.1. The molecule has 62 heavy (non-hydrogen) atoms. The maximum atomic E-state index is 2.73. The maximum Gasteiger partial charge on any atom is 0.0471 e. The third-order valence-corrected chi connectivity index (χ3v) is 19.0. The van der Waals surface area contributed by atoms with Crippen LogP contribution in [0.1, 0.15) is 140 Å². The van der Waals surface area contributed by atoms with E-state index in [4.69, 9.17) is 0 Å². The van der Waals surface area contributed by atoms with Gasteiger partial charge in [0.1, 0.15) is 0 Å². The Bertz CT molecular complexity index is 2910. The largest absolute Gasteiger partial charge is 0.310 e. The first kappa shape index (κ1) is 37.7. The lowest BCUT2D eigenvalue weighted by atomic mass is 9.27. The Kier molecular flexibility index (Phi) is 7.18. The van der Waals surface area contributed by atoms with Crippen LogP contribution in [0.3, 0.4) is 0 Å². The summed E-state index contributed by atoms with van der Waals surface area (Å²) in [7, 11) is 0. The van der Waals surface area contributed by atoms with Gasteiger partial charge in [-0.25, -0.2) is 0 Å². The predicted octanol–water partition coefficient (Wildman–Crippen LogP) is 16.1. The molecule has 0 aromatic heterocycles. The lowest BCUT2D eigenvalue weighted by Crippen LogP contribution is -2.73. The van der Waals surface area contributed by atoms with Crippen LogP contribution in [0.4, 0.5) is 17.1 Å². The van der Waals surface area contributed by atoms with Crippen LogP contribution in [-0.4, -0.2) is 0 Å². The molecule has 7 aliphatic rings. The summed E-state index contributed by atoms with van der Waals surface area (Å²) < 4.78 is 0. The van der Waals surface area contributed by atoms with Crippen molar-refractivity contribution in [3.63, 3.8) is 0 Å². The van der Waals surface area contributed by atoms with Crippen molar-refractivity contribution in [2.45, 2.75) is 128 Å². The number of hydrogen-bond donors (Lipinski definition) is 0. The van der Waals surface area contributed by atoms with Gasteiger partial charge < -0.3 is 4.90 Å². The van der Waals surface area contributed by atoms with Gasteiger partial charge in [0, 0.05) is 27.9 Å². The molecule has 0 N–H and O–H groups in total. The van der Waals surface area contributed by atoms with E-state index in [9.17, 15) is 0 Å². The number of nitrogens with zero attached hydrogens (tertiary/aromatic N) is 1. The van der Waals surface area contributed by atoms with E-state index in [0.717, 1.165) is 23.7 Å². The van der Waals surface area contributed by atoms with Crippen LogP contribution in [0.15, 0.2) is 121 Å². The Hall–Kier alpha value is -4.88. The van der Waals surface area contributed by atoms with E-state index in [1.54, 1.807) is 11.1 Å². The van der Waals surface area contributed by atoms with Gasteiger partial charge in [-0.2, -0.15) is 0 Å². The molecule has 0 heterocycles. The third kappa shape index (κ3) is 4.51. The third-order valence-electron chi connectivity index (χ3n) is 19.0. The molecule has 312 valence electrons. The van der Waals surface area contributed by atoms with Gasteiger partial charge in [0.25, 0.3) is 0 Å². The van der Waals surface area contributed by atoms with E-state index >= 15 is 0 Å². The molecular formula is C61H63N. The number of anilines is 3. The lowest BCUT2D eigenvalue weighted by molar-refractivity contribution is -0.231. The van der Waals surface area contributed by atoms with Crippen molar-refractivity contribution in [1.82, 2.24) is 0 Å². The van der Waals surface area contributed by atoms with E-state index in [-0.39, 0.29) is 27.1 Å². The zero-order chi connectivity index (χ0) is 42.5. The normalized spacial score (nSPS) is 28.9. The van der Waals surface area contributed by atoms with Crippen LogP contribution in [0, 0.1) is 29.1 Å². The molecule has 0 aliphatic heterocycles. The van der Waals surface area contributed by atoms with Gasteiger partial charge in [-0.3, -0.25) is 0 Å². The Balaban J connectivity index is 1.09. The van der Waals surface area contributed by atoms with Gasteiger partial charge in [0.05, 0.1) is 0 Å². The molecule has 0 radical (unpaired) electrons. The summed E-state index contributed by atoms with van der Waals surface area (Å²) in [5.41, 5.74) is 23.7. The number of hydrogen-bond acceptors (Lipinski definition) is 1. The molecule has 6 atom stereocenters. The van der Waals surface area contributed by atoms with Crippen LogP contribution >= 0.6 is 0 Å². The summed E-state index contributed by atoms with van der Waals surface area (Å²) in [5, 5.41) is 0. The molecular weight excluding hydrogens is 747 g/mol. The van der Waals surface area contributed by atoms with Gasteiger partial charge in [-0.15, -0.1) is 0 Å². The van der Waals surface area contributed by atoms with Crippen molar-refractivity contribution in [2.24, 2.45) is 29.1 Å². The van der Waals surface area contributed by atoms with E-state index in [0.29, 0.717) is 5.41 Å². The van der Waals surface area contributed by atoms with Crippen molar-refractivity contribution in [1.29, 1.82) is 0 Å². The van der Waals surface area contributed by atoms with Crippen LogP contribution in [0.25, 0.3) is 33.4 Å². The minimum atomic E-state index is -0.0954. The average molecular weight is 810 g/mol. The summed E-state index contributed by atoms with van der Waals surface area (Å²) in [5.74, 6) is 3.34. The van der Waals surface area contributed by atoms with Gasteiger partial charge >= 0.3 is 0 Å². The molecule has 6 unspecified atom stereocenters. The van der Waals surface area contributed by atoms with Crippen molar-refractivity contribution in [2.75, 3.05) is 4.90 Å². The Morgan fingerprint density at radius 1 is 0.500 bits per heavy atom. The molecule has 4 fully saturated rings. The number of rotatable bonds is 4. The fourth-order valence-electron chi connectivity index (χ4n) is 15.9. The Morgan fingerprint density at radius 2 is 1.11 bits per heavy atom. The quantitative estimate of drug-likeness (QED) is 0.171. The summed E-state index contributed by atoms with van der Waals surface area (Å²) in [6.45, 7) is 21.7. The molecule has 4 saturated carbocycles. The summed E-state index contributed by atoms with van der Waals surface area (Å²) in [6, 6.07) is 48.8. The summed E-state index contributed by atoms with van der Waals surface area (Å²) >= 11 is 0. The number of fused-ring (bicyclic) bond motifs is 12. The average Bonchev–Trinajstić information content (AvgIpc) is 3.94. The van der Waals surface area contributed by atoms with Gasteiger partial charge in [-0.05, 0) is 193 Å². The second kappa shape index (κ2) is 11.8. The van der Waals surface area contributed by atoms with Crippen molar-refractivity contribution in [3.8, 4) is 33.4 Å². The van der Waals surface area contributed by atoms with Gasteiger partial charge in [-0.1, -0.05) is 147 Å². The zero-order valence-corrected chi connectivity index (χ0v) is 38.5. The van der Waals surface area contributed by atoms with Crippen LogP contribution in [0.2, 0.25) is 0 Å². The first-order chi connectivity index (χ1) is 29.5. The zero-order valence-electron chi connectivity index (χ0n) is 38.5. The highest BCUT2D eigenvalue weighted by Gasteiger charge is 2.84. The highest BCUT2D eigenvalue weighted by Crippen LogP contribution is 2.90. The Morgan fingerprint density at radius 3 is 1.84 bits per heavy atom. The minimum Gasteiger partial charge on any atom is -0.310 e. The standard InChI is InChI=1S/C61H63N/c1-56(2,3)38-20-18-37(19-21-38)46-31-42(34-52-55(46)45-15-11-13-17-48(45)61(52)53-29-36-28-39-30-54(61)60(39,53)35-36)62(41-23-25-49-51(33-41)58(6,7)27-26-57(49,4)5)40-22-24-44-43-14-10-12-16-47(43)59(8,9)50(44)32-40/h10-25,31-34,36,39,53-54H,26-30,35H2,1-9H3. The first-order valence-corrected chi connectivity index (χ1v) is 24.1. The fraction of sp³-hybridized carbons (Fsp3) is 0.410. The SMILES string of the molecule is CC(C)(C)c1ccc(-c2cc(N(c3ccc4c(c3)C(C)(C)CCC4(C)C)c3ccc4c(c3)C(C)(C)c3ccccc3-4)cc3c2-c2ccccc2C32C3CC4CC5CC2C53C4)cc1. The molecule has 0 amide bonds. The highest BCUT2D eigenvalue weighted by atomic mass is 15.1. The topological polar surface area (TPSA) is 3.24 Å². The highest BCUT2D eigenvalue weighted by molar-refractivity contribution is 5.97. The molecule has 2 bridgehead atoms. The van der Waals surface area contributed by atoms with Gasteiger partial charge in [0.2, 0.25) is 0 Å². The van der Waals surface area contributed by atoms with Crippen LogP contribution < -0.4 is 4.90 Å². The maximum absolute atomic E-state index is 2.73. The van der Waals surface area contributed by atoms with E-state index in [1.807, 2.05) is 0 Å². The molecule has 6 aromatic rings. The van der Waals surface area contributed by atoms with E-state index in [1.165, 1.54) is 117 Å². The van der Waals surface area contributed by atoms with Crippen molar-refractivity contribution < 1.29 is 0 Å². The second-order valence-electron chi connectivity index (χ2n) is 24.1. The molecule has 2 spiro atoms. The molecule has 13 rings (SSSR count). The fourth-order valence-corrected chi connectivity index (χ4v) is 15.9. The second-order valence-corrected chi connectivity index (χ2v) is 24.1. The molecule has 6 aromatic carbocycles. The number of benzene rings is 6. The Labute approximate surface area is 371 Å². The lowest BCUT2D eigenvalue weighted by Gasteiger charge is -2.76. The summed E-state index contributed by atoms with van der Waals surface area (Å²) in [4.78, 5) is 2.68. The smallest absolute Gasteiger partial charge is 0.0471 e. The minimum absolute atomic E-state index is 0.0861. The van der Waals surface area contributed by atoms with Crippen molar-refractivity contribution in [3.05, 3.63) is 160 Å². The van der Waals surface area contributed by atoms with E-state index < -0.39 is 0 Å². The summed E-state index contributed by atoms with van der Waals surface area (Å²) in [6.07, 6.45) is 8.19. The van der Waals surface area contributed by atoms with E-state index in [2.05, 4.69) is 189 Å².